The maximum absolute atomic E-state index is 13.1. The molecule has 0 aliphatic rings. The number of amides is 1. The van der Waals surface area contributed by atoms with Crippen molar-refractivity contribution in [3.63, 3.8) is 0 Å². The van der Waals surface area contributed by atoms with E-state index in [9.17, 15) is 4.79 Å². The van der Waals surface area contributed by atoms with Crippen LogP contribution in [-0.2, 0) is 6.54 Å². The second-order valence-electron chi connectivity index (χ2n) is 5.95. The summed E-state index contributed by atoms with van der Waals surface area (Å²) >= 11 is 7.87. The minimum atomic E-state index is -0.138. The number of fused-ring (bicyclic) bond motifs is 1. The van der Waals surface area contributed by atoms with Crippen molar-refractivity contribution in [2.75, 3.05) is 6.54 Å². The molecule has 4 aromatic rings. The van der Waals surface area contributed by atoms with Crippen LogP contribution < -0.4 is 0 Å². The van der Waals surface area contributed by atoms with Crippen LogP contribution in [0.4, 0.5) is 0 Å². The highest BCUT2D eigenvalue weighted by molar-refractivity contribution is 7.21. The summed E-state index contributed by atoms with van der Waals surface area (Å²) in [6, 6.07) is 11.2. The van der Waals surface area contributed by atoms with Gasteiger partial charge in [0, 0.05) is 16.6 Å². The van der Waals surface area contributed by atoms with E-state index in [1.807, 2.05) is 31.2 Å². The zero-order valence-electron chi connectivity index (χ0n) is 14.5. The summed E-state index contributed by atoms with van der Waals surface area (Å²) in [5.41, 5.74) is 0. The van der Waals surface area contributed by atoms with E-state index in [4.69, 9.17) is 20.4 Å². The summed E-state index contributed by atoms with van der Waals surface area (Å²) in [4.78, 5) is 15.3. The van der Waals surface area contributed by atoms with E-state index in [2.05, 4.69) is 10.2 Å². The van der Waals surface area contributed by atoms with Gasteiger partial charge in [-0.3, -0.25) is 4.79 Å². The quantitative estimate of drug-likeness (QED) is 0.441. The van der Waals surface area contributed by atoms with Gasteiger partial charge in [0.25, 0.3) is 11.8 Å². The molecule has 138 valence electrons. The zero-order chi connectivity index (χ0) is 18.8. The topological polar surface area (TPSA) is 72.4 Å². The van der Waals surface area contributed by atoms with Crippen molar-refractivity contribution in [1.82, 2.24) is 15.1 Å². The number of benzene rings is 1. The van der Waals surface area contributed by atoms with Crippen LogP contribution >= 0.6 is 22.9 Å². The van der Waals surface area contributed by atoms with Crippen LogP contribution in [0.2, 0.25) is 5.02 Å². The van der Waals surface area contributed by atoms with Crippen LogP contribution in [-0.4, -0.2) is 27.5 Å². The Morgan fingerprint density at radius 2 is 2.07 bits per heavy atom. The van der Waals surface area contributed by atoms with Gasteiger partial charge < -0.3 is 13.7 Å². The molecule has 1 amide bonds. The molecular formula is C19H16ClN3O3S. The normalized spacial score (nSPS) is 11.2. The Kier molecular flexibility index (Phi) is 4.96. The third-order valence-electron chi connectivity index (χ3n) is 4.03. The predicted molar refractivity (Wildman–Crippen MR) is 104 cm³/mol. The molecule has 0 fully saturated rings. The van der Waals surface area contributed by atoms with Crippen molar-refractivity contribution in [2.45, 2.75) is 19.9 Å². The summed E-state index contributed by atoms with van der Waals surface area (Å²) in [6.45, 7) is 2.78. The number of furan rings is 1. The molecule has 0 radical (unpaired) electrons. The molecule has 3 aromatic heterocycles. The lowest BCUT2D eigenvalue weighted by Gasteiger charge is -2.19. The second-order valence-corrected chi connectivity index (χ2v) is 7.38. The number of carbonyl (C=O) groups is 1. The van der Waals surface area contributed by atoms with Gasteiger partial charge >= 0.3 is 0 Å². The summed E-state index contributed by atoms with van der Waals surface area (Å²) in [7, 11) is 0. The average molecular weight is 402 g/mol. The van der Waals surface area contributed by atoms with E-state index >= 15 is 0 Å². The lowest BCUT2D eigenvalue weighted by atomic mass is 10.2. The molecule has 8 heteroatoms. The van der Waals surface area contributed by atoms with Gasteiger partial charge in [0.2, 0.25) is 5.89 Å². The van der Waals surface area contributed by atoms with Crippen molar-refractivity contribution < 1.29 is 13.6 Å². The number of hydrogen-bond acceptors (Lipinski definition) is 6. The maximum atomic E-state index is 13.1. The maximum Gasteiger partial charge on any atom is 0.283 e. The molecule has 0 atom stereocenters. The summed E-state index contributed by atoms with van der Waals surface area (Å²) in [5.74, 6) is 0.995. The van der Waals surface area contributed by atoms with Gasteiger partial charge in [-0.2, -0.15) is 0 Å². The first-order valence-electron chi connectivity index (χ1n) is 8.50. The Morgan fingerprint density at radius 1 is 1.22 bits per heavy atom. The van der Waals surface area contributed by atoms with Crippen molar-refractivity contribution in [3.05, 3.63) is 58.5 Å². The zero-order valence-corrected chi connectivity index (χ0v) is 16.1. The van der Waals surface area contributed by atoms with Crippen molar-refractivity contribution in [2.24, 2.45) is 0 Å². The van der Waals surface area contributed by atoms with Gasteiger partial charge in [-0.1, -0.05) is 36.7 Å². The number of carbonyl (C=O) groups excluding carboxylic acids is 1. The molecule has 0 aliphatic heterocycles. The molecule has 4 rings (SSSR count). The molecule has 1 aromatic carbocycles. The molecule has 0 spiro atoms. The Bertz CT molecular complexity index is 1070. The fraction of sp³-hybridized carbons (Fsp3) is 0.211. The van der Waals surface area contributed by atoms with Crippen LogP contribution in [0.25, 0.3) is 21.7 Å². The van der Waals surface area contributed by atoms with Crippen LogP contribution in [0.3, 0.4) is 0 Å². The molecule has 0 saturated heterocycles. The fourth-order valence-electron chi connectivity index (χ4n) is 2.80. The van der Waals surface area contributed by atoms with Crippen LogP contribution in [0, 0.1) is 0 Å². The number of aromatic nitrogens is 2. The highest BCUT2D eigenvalue weighted by Gasteiger charge is 2.24. The summed E-state index contributed by atoms with van der Waals surface area (Å²) in [6.07, 6.45) is 2.34. The molecular weight excluding hydrogens is 386 g/mol. The second kappa shape index (κ2) is 7.54. The van der Waals surface area contributed by atoms with Gasteiger partial charge in [0.1, 0.15) is 4.88 Å². The van der Waals surface area contributed by atoms with Gasteiger partial charge in [-0.15, -0.1) is 21.5 Å². The third kappa shape index (κ3) is 3.48. The monoisotopic (exact) mass is 401 g/mol. The average Bonchev–Trinajstić information content (AvgIpc) is 3.41. The molecule has 6 nitrogen and oxygen atoms in total. The minimum absolute atomic E-state index is 0.138. The molecule has 0 aliphatic carbocycles. The Hall–Kier alpha value is -2.64. The molecule has 3 heterocycles. The number of halogens is 1. The standard InChI is InChI=1S/C19H16ClN3O3S/c1-2-9-23(11-15-21-22-18(26-15)13-7-5-10-25-13)19(24)17-16(20)12-6-3-4-8-14(12)27-17/h3-8,10H,2,9,11H2,1H3. The van der Waals surface area contributed by atoms with Gasteiger partial charge in [-0.05, 0) is 24.6 Å². The van der Waals surface area contributed by atoms with Crippen molar-refractivity contribution in [3.8, 4) is 11.7 Å². The van der Waals surface area contributed by atoms with E-state index in [1.54, 1.807) is 17.0 Å². The van der Waals surface area contributed by atoms with E-state index in [-0.39, 0.29) is 12.5 Å². The lowest BCUT2D eigenvalue weighted by molar-refractivity contribution is 0.0733. The number of thiophene rings is 1. The van der Waals surface area contributed by atoms with Crippen molar-refractivity contribution in [1.29, 1.82) is 0 Å². The van der Waals surface area contributed by atoms with E-state index in [0.29, 0.717) is 34.0 Å². The van der Waals surface area contributed by atoms with Gasteiger partial charge in [-0.25, -0.2) is 0 Å². The number of hydrogen-bond donors (Lipinski definition) is 0. The van der Waals surface area contributed by atoms with Crippen LogP contribution in [0.15, 0.2) is 51.5 Å². The van der Waals surface area contributed by atoms with Crippen LogP contribution in [0.5, 0.6) is 0 Å². The smallest absolute Gasteiger partial charge is 0.283 e. The molecule has 0 N–H and O–H groups in total. The van der Waals surface area contributed by atoms with E-state index < -0.39 is 0 Å². The van der Waals surface area contributed by atoms with Gasteiger partial charge in [0.05, 0.1) is 17.8 Å². The highest BCUT2D eigenvalue weighted by Crippen LogP contribution is 2.36. The molecule has 0 unspecified atom stereocenters. The SMILES string of the molecule is CCCN(Cc1nnc(-c2ccco2)o1)C(=O)c1sc2ccccc2c1Cl. The Balaban J connectivity index is 1.60. The minimum Gasteiger partial charge on any atom is -0.459 e. The first-order chi connectivity index (χ1) is 13.2. The molecule has 0 saturated carbocycles. The van der Waals surface area contributed by atoms with E-state index in [0.717, 1.165) is 16.5 Å². The van der Waals surface area contributed by atoms with Crippen LogP contribution in [0.1, 0.15) is 28.9 Å². The largest absolute Gasteiger partial charge is 0.459 e. The summed E-state index contributed by atoms with van der Waals surface area (Å²) in [5, 5.41) is 9.40. The predicted octanol–water partition coefficient (Wildman–Crippen LogP) is 5.25. The van der Waals surface area contributed by atoms with Gasteiger partial charge in [0.15, 0.2) is 5.76 Å². The highest BCUT2D eigenvalue weighted by atomic mass is 35.5. The molecule has 27 heavy (non-hydrogen) atoms. The van der Waals surface area contributed by atoms with Crippen molar-refractivity contribution >= 4 is 38.9 Å². The fourth-order valence-corrected chi connectivity index (χ4v) is 4.28. The summed E-state index contributed by atoms with van der Waals surface area (Å²) < 4.78 is 11.9. The number of nitrogens with zero attached hydrogens (tertiary/aromatic N) is 3. The molecule has 0 bridgehead atoms. The lowest BCUT2D eigenvalue weighted by Crippen LogP contribution is -2.31. The Labute approximate surface area is 164 Å². The first-order valence-corrected chi connectivity index (χ1v) is 9.69. The number of rotatable bonds is 6. The third-order valence-corrected chi connectivity index (χ3v) is 5.70. The first kappa shape index (κ1) is 17.8. The van der Waals surface area contributed by atoms with E-state index in [1.165, 1.54) is 17.6 Å². The Morgan fingerprint density at radius 3 is 2.81 bits per heavy atom.